The Morgan fingerprint density at radius 3 is 2.52 bits per heavy atom. The van der Waals surface area contributed by atoms with E-state index in [-0.39, 0.29) is 36.6 Å². The fourth-order valence-electron chi connectivity index (χ4n) is 4.83. The molecule has 3 aliphatic heterocycles. The van der Waals surface area contributed by atoms with Gasteiger partial charge in [-0.05, 0) is 37.5 Å². The molecule has 4 amide bonds. The minimum absolute atomic E-state index is 0. The maximum absolute atomic E-state index is 13.3. The molecule has 0 aromatic heterocycles. The molecule has 0 radical (unpaired) electrons. The minimum Gasteiger partial charge on any atom is -0.373 e. The lowest BCUT2D eigenvalue weighted by Gasteiger charge is -2.35. The zero-order valence-corrected chi connectivity index (χ0v) is 20.5. The number of nitrogens with two attached hydrogens (primary N) is 2. The Balaban J connectivity index is 0.00000385. The first-order chi connectivity index (χ1) is 14.9. The summed E-state index contributed by atoms with van der Waals surface area (Å²) in [4.78, 5) is 52.1. The normalized spacial score (nSPS) is 29.2. The fourth-order valence-corrected chi connectivity index (χ4v) is 4.83. The Bertz CT molecular complexity index is 765. The number of nitrogens with one attached hydrogen (secondary N) is 2. The maximum Gasteiger partial charge on any atom is 0.243 e. The third-order valence-electron chi connectivity index (χ3n) is 6.96. The van der Waals surface area contributed by atoms with Gasteiger partial charge in [-0.3, -0.25) is 19.2 Å². The molecule has 0 saturated carbocycles. The number of ether oxygens (including phenoxy) is 1. The second-order valence-electron chi connectivity index (χ2n) is 10.5. The van der Waals surface area contributed by atoms with E-state index in [2.05, 4.69) is 10.6 Å². The molecule has 10 nitrogen and oxygen atoms in total. The molecule has 3 saturated heterocycles. The molecule has 3 heterocycles. The van der Waals surface area contributed by atoms with Crippen molar-refractivity contribution in [2.45, 2.75) is 83.0 Å². The van der Waals surface area contributed by atoms with Crippen LogP contribution in [-0.4, -0.2) is 72.0 Å². The van der Waals surface area contributed by atoms with Gasteiger partial charge in [-0.1, -0.05) is 20.8 Å². The lowest BCUT2D eigenvalue weighted by atomic mass is 9.86. The summed E-state index contributed by atoms with van der Waals surface area (Å²) in [6.45, 7) is 7.05. The van der Waals surface area contributed by atoms with Gasteiger partial charge in [0.1, 0.15) is 12.1 Å². The van der Waals surface area contributed by atoms with E-state index in [0.29, 0.717) is 32.5 Å². The number of carbonyl (C=O) groups is 4. The third kappa shape index (κ3) is 6.16. The van der Waals surface area contributed by atoms with E-state index in [1.54, 1.807) is 0 Å². The Morgan fingerprint density at radius 2 is 2.00 bits per heavy atom. The van der Waals surface area contributed by atoms with Gasteiger partial charge in [0, 0.05) is 25.5 Å². The molecule has 1 spiro atoms. The van der Waals surface area contributed by atoms with Crippen LogP contribution in [0.4, 0.5) is 0 Å². The van der Waals surface area contributed by atoms with E-state index in [4.69, 9.17) is 16.2 Å². The summed E-state index contributed by atoms with van der Waals surface area (Å²) < 4.78 is 6.07. The van der Waals surface area contributed by atoms with E-state index >= 15 is 0 Å². The lowest BCUT2D eigenvalue weighted by Crippen LogP contribution is -2.57. The van der Waals surface area contributed by atoms with Gasteiger partial charge in [0.15, 0.2) is 0 Å². The Hall–Kier alpha value is -1.91. The molecule has 1 unspecified atom stereocenters. The van der Waals surface area contributed by atoms with Gasteiger partial charge < -0.3 is 31.7 Å². The van der Waals surface area contributed by atoms with Gasteiger partial charge in [-0.25, -0.2) is 0 Å². The highest BCUT2D eigenvalue weighted by Gasteiger charge is 2.52. The topological polar surface area (TPSA) is 157 Å². The number of primary amides is 1. The van der Waals surface area contributed by atoms with E-state index in [9.17, 15) is 19.2 Å². The zero-order valence-electron chi connectivity index (χ0n) is 19.7. The molecule has 0 aromatic carbocycles. The molecule has 0 aliphatic carbocycles. The molecular formula is C22H38ClN5O5. The monoisotopic (exact) mass is 487 g/mol. The van der Waals surface area contributed by atoms with Crippen LogP contribution in [0.5, 0.6) is 0 Å². The summed E-state index contributed by atoms with van der Waals surface area (Å²) in [5.41, 5.74) is 10.7. The number of rotatable bonds is 6. The summed E-state index contributed by atoms with van der Waals surface area (Å²) in [5, 5.41) is 5.43. The predicted octanol–water partition coefficient (Wildman–Crippen LogP) is -0.182. The molecule has 0 bridgehead atoms. The first-order valence-corrected chi connectivity index (χ1v) is 11.5. The average molecular weight is 488 g/mol. The number of halogens is 1. The zero-order chi connectivity index (χ0) is 23.7. The summed E-state index contributed by atoms with van der Waals surface area (Å²) >= 11 is 0. The smallest absolute Gasteiger partial charge is 0.243 e. The first-order valence-electron chi connectivity index (χ1n) is 11.5. The average Bonchev–Trinajstić information content (AvgIpc) is 3.30. The molecule has 0 aromatic rings. The van der Waals surface area contributed by atoms with Crippen LogP contribution >= 0.6 is 12.4 Å². The van der Waals surface area contributed by atoms with Crippen molar-refractivity contribution in [3.05, 3.63) is 0 Å². The molecule has 6 N–H and O–H groups in total. The number of hydrogen-bond donors (Lipinski definition) is 4. The third-order valence-corrected chi connectivity index (χ3v) is 6.96. The van der Waals surface area contributed by atoms with E-state index in [1.165, 1.54) is 4.90 Å². The highest BCUT2D eigenvalue weighted by atomic mass is 35.5. The van der Waals surface area contributed by atoms with Crippen molar-refractivity contribution in [3.63, 3.8) is 0 Å². The van der Waals surface area contributed by atoms with Gasteiger partial charge in [0.2, 0.25) is 23.6 Å². The Morgan fingerprint density at radius 1 is 1.30 bits per heavy atom. The Kier molecular flexibility index (Phi) is 8.75. The van der Waals surface area contributed by atoms with Crippen LogP contribution in [0.3, 0.4) is 0 Å². The van der Waals surface area contributed by atoms with Gasteiger partial charge in [0.05, 0.1) is 18.2 Å². The Labute approximate surface area is 201 Å². The van der Waals surface area contributed by atoms with Crippen molar-refractivity contribution < 1.29 is 23.9 Å². The van der Waals surface area contributed by atoms with Crippen molar-refractivity contribution in [1.29, 1.82) is 0 Å². The van der Waals surface area contributed by atoms with Crippen LogP contribution in [0, 0.1) is 11.3 Å². The van der Waals surface area contributed by atoms with Crippen LogP contribution in [0.15, 0.2) is 0 Å². The van der Waals surface area contributed by atoms with Crippen LogP contribution in [-0.2, 0) is 23.9 Å². The number of likely N-dealkylation sites (tertiary alicyclic amines) is 1. The summed E-state index contributed by atoms with van der Waals surface area (Å²) in [5.74, 6) is -2.00. The van der Waals surface area contributed by atoms with Crippen molar-refractivity contribution in [2.24, 2.45) is 22.8 Å². The molecule has 3 rings (SSSR count). The van der Waals surface area contributed by atoms with Gasteiger partial charge in [0.25, 0.3) is 0 Å². The van der Waals surface area contributed by atoms with Gasteiger partial charge in [-0.2, -0.15) is 0 Å². The van der Waals surface area contributed by atoms with Gasteiger partial charge in [-0.15, -0.1) is 12.4 Å². The highest BCUT2D eigenvalue weighted by Crippen LogP contribution is 2.38. The lowest BCUT2D eigenvalue weighted by molar-refractivity contribution is -0.142. The first kappa shape index (κ1) is 27.3. The fraction of sp³-hybridized carbons (Fsp3) is 0.818. The number of nitrogens with zero attached hydrogens (tertiary/aromatic N) is 1. The second-order valence-corrected chi connectivity index (χ2v) is 10.5. The summed E-state index contributed by atoms with van der Waals surface area (Å²) in [6.07, 6.45) is 3.73. The minimum atomic E-state index is -0.992. The molecule has 33 heavy (non-hydrogen) atoms. The number of amides is 4. The highest BCUT2D eigenvalue weighted by molar-refractivity contribution is 5.94. The van der Waals surface area contributed by atoms with Crippen molar-refractivity contribution in [3.8, 4) is 0 Å². The van der Waals surface area contributed by atoms with E-state index in [1.807, 2.05) is 20.8 Å². The van der Waals surface area contributed by atoms with Crippen molar-refractivity contribution >= 4 is 36.0 Å². The van der Waals surface area contributed by atoms with Crippen molar-refractivity contribution in [1.82, 2.24) is 15.5 Å². The second kappa shape index (κ2) is 10.6. The predicted molar refractivity (Wildman–Crippen MR) is 124 cm³/mol. The van der Waals surface area contributed by atoms with Crippen molar-refractivity contribution in [2.75, 3.05) is 19.7 Å². The summed E-state index contributed by atoms with van der Waals surface area (Å²) in [6, 6.07) is -2.59. The molecule has 3 fully saturated rings. The molecule has 5 atom stereocenters. The molecule has 3 aliphatic rings. The number of carbonyl (C=O) groups excluding carboxylic acids is 4. The van der Waals surface area contributed by atoms with Crippen LogP contribution in [0.2, 0.25) is 0 Å². The van der Waals surface area contributed by atoms with Crippen LogP contribution < -0.4 is 22.1 Å². The maximum atomic E-state index is 13.3. The molecular weight excluding hydrogens is 450 g/mol. The summed E-state index contributed by atoms with van der Waals surface area (Å²) in [7, 11) is 0. The quantitative estimate of drug-likeness (QED) is 0.407. The largest absolute Gasteiger partial charge is 0.373 e. The standard InChI is InChI=1S/C22H37N5O5.ClH/c1-21(2,3)16(23)20(31)27-12-22(7-4-5-9-32-22)11-15(27)19(30)26-14(17(24)28)10-13-6-8-25-18(13)29;/h13-16H,4-12,23H2,1-3H3,(H2,24,28)(H,25,29)(H,26,30);1H/t13-,14-,15-,16+,22?;/m0./s1. The molecule has 11 heteroatoms. The molecule has 188 valence electrons. The van der Waals surface area contributed by atoms with Gasteiger partial charge >= 0.3 is 0 Å². The van der Waals surface area contributed by atoms with Crippen LogP contribution in [0.25, 0.3) is 0 Å². The SMILES string of the molecule is CC(C)(C)[C@H](N)C(=O)N1CC2(CCCCO2)C[C@H]1C(=O)N[C@@H](C[C@@H]1CCNC1=O)C(N)=O.Cl. The van der Waals surface area contributed by atoms with E-state index in [0.717, 1.165) is 19.3 Å². The number of hydrogen-bond acceptors (Lipinski definition) is 6. The van der Waals surface area contributed by atoms with E-state index < -0.39 is 41.0 Å². The van der Waals surface area contributed by atoms with Crippen LogP contribution in [0.1, 0.15) is 59.3 Å².